The minimum atomic E-state index is 0.675. The normalized spacial score (nSPS) is 23.0. The molecule has 1 aromatic heterocycles. The molecule has 1 aromatic carbocycles. The van der Waals surface area contributed by atoms with Gasteiger partial charge < -0.3 is 4.74 Å². The predicted octanol–water partition coefficient (Wildman–Crippen LogP) is 3.50. The molecule has 0 saturated carbocycles. The van der Waals surface area contributed by atoms with Crippen LogP contribution in [0.1, 0.15) is 24.1 Å². The van der Waals surface area contributed by atoms with Gasteiger partial charge in [0.15, 0.2) is 0 Å². The van der Waals surface area contributed by atoms with Crippen LogP contribution in [0.25, 0.3) is 10.6 Å². The first-order chi connectivity index (χ1) is 12.4. The molecule has 0 aliphatic carbocycles. The van der Waals surface area contributed by atoms with E-state index in [1.807, 2.05) is 11.3 Å². The average Bonchev–Trinajstić information content (AvgIpc) is 3.14. The number of morpholine rings is 1. The third kappa shape index (κ3) is 4.47. The van der Waals surface area contributed by atoms with Gasteiger partial charge in [0.05, 0.1) is 13.2 Å². The van der Waals surface area contributed by atoms with Gasteiger partial charge in [0, 0.05) is 48.9 Å². The summed E-state index contributed by atoms with van der Waals surface area (Å²) in [6, 6.07) is 11.2. The van der Waals surface area contributed by atoms with Crippen LogP contribution in [0.3, 0.4) is 0 Å². The van der Waals surface area contributed by atoms with Crippen LogP contribution in [0.2, 0.25) is 0 Å². The summed E-state index contributed by atoms with van der Waals surface area (Å²) in [6.07, 6.45) is 6.09. The second-order valence-corrected chi connectivity index (χ2v) is 8.15. The zero-order valence-corrected chi connectivity index (χ0v) is 15.6. The van der Waals surface area contributed by atoms with Crippen LogP contribution in [-0.2, 0) is 11.3 Å². The molecule has 5 heteroatoms. The van der Waals surface area contributed by atoms with E-state index >= 15 is 0 Å². The lowest BCUT2D eigenvalue weighted by atomic mass is 10.0. The zero-order chi connectivity index (χ0) is 16.9. The van der Waals surface area contributed by atoms with Gasteiger partial charge in [0.25, 0.3) is 0 Å². The summed E-state index contributed by atoms with van der Waals surface area (Å²) in [5.74, 6) is 0. The van der Waals surface area contributed by atoms with Crippen molar-refractivity contribution in [3.05, 3.63) is 41.4 Å². The van der Waals surface area contributed by atoms with Crippen LogP contribution < -0.4 is 0 Å². The van der Waals surface area contributed by atoms with E-state index in [2.05, 4.69) is 51.3 Å². The SMILES string of the molecule is c1ccc(-c2ncc(CN3CCCC[C@@H]3CN3CCOCC3)s2)cc1. The van der Waals surface area contributed by atoms with Gasteiger partial charge in [-0.05, 0) is 19.4 Å². The summed E-state index contributed by atoms with van der Waals surface area (Å²) in [5, 5.41) is 1.14. The van der Waals surface area contributed by atoms with Gasteiger partial charge in [0.2, 0.25) is 0 Å². The molecule has 0 bridgehead atoms. The molecule has 0 unspecified atom stereocenters. The second-order valence-electron chi connectivity index (χ2n) is 7.03. The average molecular weight is 358 g/mol. The summed E-state index contributed by atoms with van der Waals surface area (Å²) in [4.78, 5) is 11.3. The first kappa shape index (κ1) is 17.2. The summed E-state index contributed by atoms with van der Waals surface area (Å²) >= 11 is 1.84. The number of likely N-dealkylation sites (tertiary alicyclic amines) is 1. The number of nitrogens with zero attached hydrogens (tertiary/aromatic N) is 3. The van der Waals surface area contributed by atoms with Gasteiger partial charge in [-0.25, -0.2) is 4.98 Å². The lowest BCUT2D eigenvalue weighted by Crippen LogP contribution is -2.48. The van der Waals surface area contributed by atoms with Crippen molar-refractivity contribution in [2.75, 3.05) is 39.4 Å². The molecule has 2 aliphatic rings. The molecule has 0 amide bonds. The van der Waals surface area contributed by atoms with Gasteiger partial charge in [-0.1, -0.05) is 36.8 Å². The molecular formula is C20H27N3OS. The fourth-order valence-electron chi connectivity index (χ4n) is 3.85. The Bertz CT molecular complexity index is 654. The van der Waals surface area contributed by atoms with Crippen LogP contribution >= 0.6 is 11.3 Å². The number of hydrogen-bond acceptors (Lipinski definition) is 5. The van der Waals surface area contributed by atoms with Crippen molar-refractivity contribution in [3.63, 3.8) is 0 Å². The highest BCUT2D eigenvalue weighted by Gasteiger charge is 2.25. The molecule has 3 heterocycles. The van der Waals surface area contributed by atoms with E-state index in [1.54, 1.807) is 0 Å². The summed E-state index contributed by atoms with van der Waals surface area (Å²) in [5.41, 5.74) is 1.22. The Morgan fingerprint density at radius 2 is 1.92 bits per heavy atom. The van der Waals surface area contributed by atoms with Crippen molar-refractivity contribution >= 4 is 11.3 Å². The number of hydrogen-bond donors (Lipinski definition) is 0. The molecule has 0 spiro atoms. The lowest BCUT2D eigenvalue weighted by molar-refractivity contribution is 0.0154. The number of rotatable bonds is 5. The Labute approximate surface area is 154 Å². The Kier molecular flexibility index (Phi) is 5.77. The standard InChI is InChI=1S/C20H27N3OS/c1-2-6-17(7-3-1)20-21-14-19(25-20)16-23-9-5-4-8-18(23)15-22-10-12-24-13-11-22/h1-3,6-7,14,18H,4-5,8-13,15-16H2/t18-/m1/s1. The number of thiazole rings is 1. The molecule has 2 fully saturated rings. The van der Waals surface area contributed by atoms with Crippen LogP contribution in [0.5, 0.6) is 0 Å². The van der Waals surface area contributed by atoms with E-state index in [0.717, 1.165) is 37.9 Å². The van der Waals surface area contributed by atoms with E-state index in [4.69, 9.17) is 4.74 Å². The van der Waals surface area contributed by atoms with Crippen molar-refractivity contribution in [1.29, 1.82) is 0 Å². The van der Waals surface area contributed by atoms with Gasteiger partial charge in [-0.15, -0.1) is 11.3 Å². The first-order valence-electron chi connectivity index (χ1n) is 9.43. The molecule has 2 aromatic rings. The predicted molar refractivity (Wildman–Crippen MR) is 103 cm³/mol. The maximum Gasteiger partial charge on any atom is 0.123 e. The fourth-order valence-corrected chi connectivity index (χ4v) is 4.80. The molecule has 25 heavy (non-hydrogen) atoms. The first-order valence-corrected chi connectivity index (χ1v) is 10.2. The number of ether oxygens (including phenoxy) is 1. The summed E-state index contributed by atoms with van der Waals surface area (Å²) in [6.45, 7) is 7.40. The minimum absolute atomic E-state index is 0.675. The number of piperidine rings is 1. The third-order valence-electron chi connectivity index (χ3n) is 5.25. The van der Waals surface area contributed by atoms with Crippen molar-refractivity contribution in [2.24, 2.45) is 0 Å². The maximum atomic E-state index is 5.49. The Morgan fingerprint density at radius 1 is 1.08 bits per heavy atom. The van der Waals surface area contributed by atoms with E-state index in [0.29, 0.717) is 6.04 Å². The van der Waals surface area contributed by atoms with E-state index in [1.165, 1.54) is 42.8 Å². The smallest absolute Gasteiger partial charge is 0.123 e. The van der Waals surface area contributed by atoms with Crippen LogP contribution in [0.4, 0.5) is 0 Å². The molecule has 2 aliphatic heterocycles. The number of aromatic nitrogens is 1. The molecule has 4 nitrogen and oxygen atoms in total. The van der Waals surface area contributed by atoms with Gasteiger partial charge in [0.1, 0.15) is 5.01 Å². The highest BCUT2D eigenvalue weighted by molar-refractivity contribution is 7.15. The molecule has 1 atom stereocenters. The Balaban J connectivity index is 1.40. The van der Waals surface area contributed by atoms with Crippen LogP contribution in [0.15, 0.2) is 36.5 Å². The Morgan fingerprint density at radius 3 is 2.76 bits per heavy atom. The molecule has 0 N–H and O–H groups in total. The van der Waals surface area contributed by atoms with Gasteiger partial charge >= 0.3 is 0 Å². The highest BCUT2D eigenvalue weighted by atomic mass is 32.1. The Hall–Kier alpha value is -1.27. The monoisotopic (exact) mass is 357 g/mol. The van der Waals surface area contributed by atoms with Gasteiger partial charge in [-0.2, -0.15) is 0 Å². The summed E-state index contributed by atoms with van der Waals surface area (Å²) in [7, 11) is 0. The van der Waals surface area contributed by atoms with Crippen molar-refractivity contribution in [3.8, 4) is 10.6 Å². The topological polar surface area (TPSA) is 28.6 Å². The summed E-state index contributed by atoms with van der Waals surface area (Å²) < 4.78 is 5.49. The molecule has 2 saturated heterocycles. The van der Waals surface area contributed by atoms with Crippen molar-refractivity contribution < 1.29 is 4.74 Å². The highest BCUT2D eigenvalue weighted by Crippen LogP contribution is 2.28. The van der Waals surface area contributed by atoms with E-state index in [-0.39, 0.29) is 0 Å². The second kappa shape index (κ2) is 8.41. The molecule has 0 radical (unpaired) electrons. The van der Waals surface area contributed by atoms with E-state index in [9.17, 15) is 0 Å². The van der Waals surface area contributed by atoms with Gasteiger partial charge in [-0.3, -0.25) is 9.80 Å². The minimum Gasteiger partial charge on any atom is -0.379 e. The fraction of sp³-hybridized carbons (Fsp3) is 0.550. The quantitative estimate of drug-likeness (QED) is 0.819. The molecular weight excluding hydrogens is 330 g/mol. The van der Waals surface area contributed by atoms with Crippen molar-refractivity contribution in [1.82, 2.24) is 14.8 Å². The zero-order valence-electron chi connectivity index (χ0n) is 14.8. The van der Waals surface area contributed by atoms with E-state index < -0.39 is 0 Å². The largest absolute Gasteiger partial charge is 0.379 e. The molecule has 134 valence electrons. The van der Waals surface area contributed by atoms with Crippen LogP contribution in [0, 0.1) is 0 Å². The van der Waals surface area contributed by atoms with Crippen LogP contribution in [-0.4, -0.2) is 60.2 Å². The molecule has 4 rings (SSSR count). The lowest BCUT2D eigenvalue weighted by Gasteiger charge is -2.39. The number of benzene rings is 1. The van der Waals surface area contributed by atoms with Crippen molar-refractivity contribution in [2.45, 2.75) is 31.8 Å². The maximum absolute atomic E-state index is 5.49. The third-order valence-corrected chi connectivity index (χ3v) is 6.29.